The molecule has 0 atom stereocenters. The van der Waals surface area contributed by atoms with E-state index in [4.69, 9.17) is 9.98 Å². The van der Waals surface area contributed by atoms with Crippen LogP contribution in [-0.2, 0) is 0 Å². The number of fused-ring (bicyclic) bond motifs is 2. The van der Waals surface area contributed by atoms with E-state index in [0.717, 1.165) is 80.1 Å². The van der Waals surface area contributed by atoms with Crippen molar-refractivity contribution < 1.29 is 0 Å². The van der Waals surface area contributed by atoms with Crippen LogP contribution in [0.25, 0.3) is 33.7 Å². The summed E-state index contributed by atoms with van der Waals surface area (Å²) in [6, 6.07) is 52.2. The van der Waals surface area contributed by atoms with Gasteiger partial charge in [-0.25, -0.2) is 9.98 Å². The molecule has 4 aromatic carbocycles. The molecule has 0 unspecified atom stereocenters. The minimum atomic E-state index is 0.837. The first-order valence-corrected chi connectivity index (χ1v) is 18.9. The van der Waals surface area contributed by atoms with Crippen molar-refractivity contribution in [2.75, 3.05) is 0 Å². The third kappa shape index (κ3) is 4.98. The minimum absolute atomic E-state index is 0.837. The Morgan fingerprint density at radius 1 is 0.370 bits per heavy atom. The van der Waals surface area contributed by atoms with Crippen LogP contribution >= 0.6 is 0 Å². The van der Waals surface area contributed by atoms with Crippen molar-refractivity contribution in [2.24, 2.45) is 9.98 Å². The lowest BCUT2D eigenvalue weighted by atomic mass is 9.99. The molecule has 54 heavy (non-hydrogen) atoms. The first-order chi connectivity index (χ1) is 26.7. The van der Waals surface area contributed by atoms with Crippen molar-refractivity contribution >= 4 is 45.1 Å². The maximum absolute atomic E-state index is 5.51. The monoisotopic (exact) mass is 694 g/mol. The Bertz CT molecular complexity index is 2830. The molecule has 4 heteroatoms. The quantitative estimate of drug-likeness (QED) is 0.166. The predicted molar refractivity (Wildman–Crippen MR) is 224 cm³/mol. The molecule has 2 aromatic heterocycles. The lowest BCUT2D eigenvalue weighted by Gasteiger charge is -2.21. The maximum Gasteiger partial charge on any atom is 0.0738 e. The van der Waals surface area contributed by atoms with Crippen molar-refractivity contribution in [3.63, 3.8) is 0 Å². The molecular weight excluding hydrogens is 657 g/mol. The van der Waals surface area contributed by atoms with Gasteiger partial charge >= 0.3 is 0 Å². The van der Waals surface area contributed by atoms with Gasteiger partial charge in [-0.1, -0.05) is 135 Å². The van der Waals surface area contributed by atoms with Gasteiger partial charge in [-0.2, -0.15) is 0 Å². The molecule has 4 aliphatic rings. The molecular formula is C50H38N4. The van der Waals surface area contributed by atoms with Gasteiger partial charge < -0.3 is 9.13 Å². The Hall–Kier alpha value is -6.78. The molecule has 0 radical (unpaired) electrons. The van der Waals surface area contributed by atoms with Gasteiger partial charge in [0, 0.05) is 33.7 Å². The summed E-state index contributed by atoms with van der Waals surface area (Å²) < 4.78 is 5.08. The summed E-state index contributed by atoms with van der Waals surface area (Å²) in [6.07, 6.45) is 10.4. The number of allylic oxidation sites excluding steroid dienone is 7. The van der Waals surface area contributed by atoms with Gasteiger partial charge in [0.2, 0.25) is 0 Å². The standard InChI is InChI=1S/C50H38N4/c1-3-41-42(4-2)54-44-30-32-46(54)50(36-23-15-8-16-24-36)45-31-29-43(53(41)45)48(34-19-11-6-12-20-34)39-27-25-37(51-39)47(33-17-9-5-10-18-33)38-26-28-40(52-38)49(44)35-21-13-7-14-22-35/h5-32H,3-4H2,1-2H3. The Labute approximate surface area is 315 Å². The van der Waals surface area contributed by atoms with Crippen LogP contribution in [0.15, 0.2) is 191 Å². The van der Waals surface area contributed by atoms with E-state index < -0.39 is 0 Å². The van der Waals surface area contributed by atoms with Crippen LogP contribution in [-0.4, -0.2) is 20.6 Å². The fourth-order valence-electron chi connectivity index (χ4n) is 8.63. The number of hydrogen-bond donors (Lipinski definition) is 0. The van der Waals surface area contributed by atoms with Gasteiger partial charge in [-0.3, -0.25) is 0 Å². The lowest BCUT2D eigenvalue weighted by Crippen LogP contribution is -2.31. The largest absolute Gasteiger partial charge is 0.311 e. The topological polar surface area (TPSA) is 34.6 Å². The Morgan fingerprint density at radius 3 is 1.28 bits per heavy atom. The van der Waals surface area contributed by atoms with E-state index in [0.29, 0.717) is 0 Å². The molecule has 0 aliphatic carbocycles. The number of rotatable bonds is 6. The second kappa shape index (κ2) is 13.0. The number of nitrogens with zero attached hydrogens (tertiary/aromatic N) is 4. The Balaban J connectivity index is 1.46. The number of hydrogen-bond acceptors (Lipinski definition) is 2. The first kappa shape index (κ1) is 31.9. The second-order valence-corrected chi connectivity index (χ2v) is 13.9. The zero-order chi connectivity index (χ0) is 36.2. The summed E-state index contributed by atoms with van der Waals surface area (Å²) in [7, 11) is 0. The highest BCUT2D eigenvalue weighted by molar-refractivity contribution is 6.35. The van der Waals surface area contributed by atoms with Crippen molar-refractivity contribution in [2.45, 2.75) is 26.7 Å². The molecule has 0 amide bonds. The molecule has 6 aromatic rings. The van der Waals surface area contributed by atoms with E-state index in [1.54, 1.807) is 0 Å². The highest BCUT2D eigenvalue weighted by Gasteiger charge is 2.30. The molecule has 4 aliphatic heterocycles. The van der Waals surface area contributed by atoms with Gasteiger partial charge in [-0.05, 0) is 83.7 Å². The number of aliphatic imine (C=N–C) groups is 2. The SMILES string of the molecule is CCC1=C(CC)n2c3ccc2=C(c2ccccc2)c2ccc(n21)C(c1ccccc1)=C1C=CC(=N1)C(c1ccccc1)=C1C=CC(=N1)C=3c1ccccc1. The molecule has 6 heterocycles. The first-order valence-electron chi connectivity index (χ1n) is 18.9. The van der Waals surface area contributed by atoms with E-state index in [1.807, 2.05) is 0 Å². The molecule has 0 spiro atoms. The third-order valence-corrected chi connectivity index (χ3v) is 10.9. The molecule has 6 bridgehead atoms. The Morgan fingerprint density at radius 2 is 0.759 bits per heavy atom. The van der Waals surface area contributed by atoms with Crippen molar-refractivity contribution in [3.05, 3.63) is 226 Å². The number of benzene rings is 4. The average Bonchev–Trinajstić information content (AvgIpc) is 4.05. The summed E-state index contributed by atoms with van der Waals surface area (Å²) in [5.41, 5.74) is 17.4. The van der Waals surface area contributed by atoms with Gasteiger partial charge in [-0.15, -0.1) is 0 Å². The Kier molecular flexibility index (Phi) is 7.69. The van der Waals surface area contributed by atoms with Crippen LogP contribution in [0.5, 0.6) is 0 Å². The molecule has 258 valence electrons. The van der Waals surface area contributed by atoms with Crippen LogP contribution < -0.4 is 10.7 Å². The fourth-order valence-corrected chi connectivity index (χ4v) is 8.63. The van der Waals surface area contributed by atoms with Crippen LogP contribution in [0.2, 0.25) is 0 Å². The van der Waals surface area contributed by atoms with E-state index >= 15 is 0 Å². The van der Waals surface area contributed by atoms with E-state index in [1.165, 1.54) is 33.6 Å². The second-order valence-electron chi connectivity index (χ2n) is 13.9. The molecule has 0 fully saturated rings. The minimum Gasteiger partial charge on any atom is -0.311 e. The molecule has 0 N–H and O–H groups in total. The molecule has 10 rings (SSSR count). The zero-order valence-electron chi connectivity index (χ0n) is 30.4. The summed E-state index contributed by atoms with van der Waals surface area (Å²) in [4.78, 5) is 11.0. The highest BCUT2D eigenvalue weighted by Crippen LogP contribution is 2.40. The van der Waals surface area contributed by atoms with Gasteiger partial charge in [0.05, 0.1) is 44.9 Å². The van der Waals surface area contributed by atoms with Gasteiger partial charge in [0.15, 0.2) is 0 Å². The van der Waals surface area contributed by atoms with E-state index in [-0.39, 0.29) is 0 Å². The molecule has 0 saturated carbocycles. The van der Waals surface area contributed by atoms with Gasteiger partial charge in [0.1, 0.15) is 0 Å². The number of aromatic nitrogens is 2. The fraction of sp³-hybridized carbons (Fsp3) is 0.0800. The van der Waals surface area contributed by atoms with Crippen LogP contribution in [0, 0.1) is 0 Å². The highest BCUT2D eigenvalue weighted by atomic mass is 15.1. The van der Waals surface area contributed by atoms with Crippen LogP contribution in [0.1, 0.15) is 60.3 Å². The van der Waals surface area contributed by atoms with Crippen LogP contribution in [0.4, 0.5) is 0 Å². The summed E-state index contributed by atoms with van der Waals surface area (Å²) in [5, 5.41) is 2.29. The average molecular weight is 695 g/mol. The van der Waals surface area contributed by atoms with E-state index in [9.17, 15) is 0 Å². The molecule has 0 saturated heterocycles. The summed E-state index contributed by atoms with van der Waals surface area (Å²) >= 11 is 0. The maximum atomic E-state index is 5.51. The third-order valence-electron chi connectivity index (χ3n) is 10.9. The van der Waals surface area contributed by atoms with Crippen molar-refractivity contribution in [1.29, 1.82) is 0 Å². The van der Waals surface area contributed by atoms with Crippen molar-refractivity contribution in [3.8, 4) is 0 Å². The smallest absolute Gasteiger partial charge is 0.0738 e. The van der Waals surface area contributed by atoms with Gasteiger partial charge in [0.25, 0.3) is 0 Å². The normalized spacial score (nSPS) is 15.9. The van der Waals surface area contributed by atoms with E-state index in [2.05, 4.69) is 193 Å². The lowest BCUT2D eigenvalue weighted by molar-refractivity contribution is 0.923. The van der Waals surface area contributed by atoms with Crippen LogP contribution in [0.3, 0.4) is 0 Å². The summed E-state index contributed by atoms with van der Waals surface area (Å²) in [5.74, 6) is 0. The zero-order valence-corrected chi connectivity index (χ0v) is 30.4. The summed E-state index contributed by atoms with van der Waals surface area (Å²) in [6.45, 7) is 4.58. The molecule has 4 nitrogen and oxygen atoms in total. The van der Waals surface area contributed by atoms with Crippen molar-refractivity contribution in [1.82, 2.24) is 9.13 Å². The predicted octanol–water partition coefficient (Wildman–Crippen LogP) is 9.90.